The Kier molecular flexibility index (Phi) is 2.31. The molecule has 17 heavy (non-hydrogen) atoms. The molecule has 5 heteroatoms. The fraction of sp³-hybridized carbons (Fsp3) is 0.333. The van der Waals surface area contributed by atoms with Gasteiger partial charge >= 0.3 is 0 Å². The van der Waals surface area contributed by atoms with Gasteiger partial charge in [0.2, 0.25) is 0 Å². The van der Waals surface area contributed by atoms with Gasteiger partial charge in [0.05, 0.1) is 25.2 Å². The minimum atomic E-state index is -0.709. The van der Waals surface area contributed by atoms with E-state index in [9.17, 15) is 4.39 Å². The number of halogens is 1. The molecule has 88 valence electrons. The van der Waals surface area contributed by atoms with Gasteiger partial charge in [0.25, 0.3) is 0 Å². The lowest BCUT2D eigenvalue weighted by Crippen LogP contribution is -2.47. The molecule has 4 nitrogen and oxygen atoms in total. The van der Waals surface area contributed by atoms with Crippen LogP contribution in [0.3, 0.4) is 0 Å². The normalized spacial score (nSPS) is 16.2. The molecule has 0 aliphatic carbocycles. The molecule has 1 aliphatic rings. The lowest BCUT2D eigenvalue weighted by atomic mass is 10.2. The summed E-state index contributed by atoms with van der Waals surface area (Å²) in [6, 6.07) is 7.77. The van der Waals surface area contributed by atoms with E-state index in [1.54, 1.807) is 4.68 Å². The summed E-state index contributed by atoms with van der Waals surface area (Å²) in [5.41, 5.74) is 2.73. The molecule has 0 unspecified atom stereocenters. The zero-order chi connectivity index (χ0) is 11.8. The van der Waals surface area contributed by atoms with Crippen molar-refractivity contribution in [3.63, 3.8) is 0 Å². The van der Waals surface area contributed by atoms with Crippen LogP contribution in [0.2, 0.25) is 0 Å². The van der Waals surface area contributed by atoms with Crippen molar-refractivity contribution in [3.8, 4) is 0 Å². The molecule has 1 fully saturated rings. The van der Waals surface area contributed by atoms with E-state index in [0.29, 0.717) is 19.6 Å². The van der Waals surface area contributed by atoms with Crippen LogP contribution in [0, 0.1) is 0 Å². The van der Waals surface area contributed by atoms with Crippen LogP contribution in [-0.4, -0.2) is 39.2 Å². The second-order valence-corrected chi connectivity index (χ2v) is 4.30. The molecule has 1 aliphatic heterocycles. The summed E-state index contributed by atoms with van der Waals surface area (Å²) in [4.78, 5) is 1.93. The highest BCUT2D eigenvalue weighted by molar-refractivity contribution is 5.73. The van der Waals surface area contributed by atoms with Gasteiger partial charge in [0.15, 0.2) is 0 Å². The monoisotopic (exact) mass is 232 g/mol. The Labute approximate surface area is 98.3 Å². The van der Waals surface area contributed by atoms with Crippen molar-refractivity contribution in [1.82, 2.24) is 19.9 Å². The number of alkyl halides is 1. The van der Waals surface area contributed by atoms with Gasteiger partial charge in [0, 0.05) is 5.70 Å². The van der Waals surface area contributed by atoms with Crippen LogP contribution in [0.4, 0.5) is 4.39 Å². The van der Waals surface area contributed by atoms with Gasteiger partial charge in [-0.25, -0.2) is 9.07 Å². The molecule has 0 spiro atoms. The third-order valence-corrected chi connectivity index (χ3v) is 3.04. The SMILES string of the molecule is C=C(Cn1nnc2ccccc21)N1CC(F)C1. The Morgan fingerprint density at radius 3 is 2.94 bits per heavy atom. The summed E-state index contributed by atoms with van der Waals surface area (Å²) in [5, 5.41) is 8.15. The number of likely N-dealkylation sites (tertiary alicyclic amines) is 1. The molecule has 0 saturated carbocycles. The number of para-hydroxylation sites is 1. The second-order valence-electron chi connectivity index (χ2n) is 4.30. The number of hydrogen-bond acceptors (Lipinski definition) is 3. The van der Waals surface area contributed by atoms with Crippen molar-refractivity contribution < 1.29 is 4.39 Å². The summed E-state index contributed by atoms with van der Waals surface area (Å²) in [5.74, 6) is 0. The van der Waals surface area contributed by atoms with Crippen LogP contribution in [-0.2, 0) is 6.54 Å². The van der Waals surface area contributed by atoms with E-state index < -0.39 is 6.17 Å². The first-order chi connectivity index (χ1) is 8.24. The minimum Gasteiger partial charge on any atom is -0.368 e. The van der Waals surface area contributed by atoms with E-state index in [-0.39, 0.29) is 0 Å². The van der Waals surface area contributed by atoms with Gasteiger partial charge in [-0.3, -0.25) is 0 Å². The number of benzene rings is 1. The van der Waals surface area contributed by atoms with Crippen LogP contribution >= 0.6 is 0 Å². The second kappa shape index (κ2) is 3.84. The molecule has 3 rings (SSSR count). The van der Waals surface area contributed by atoms with Crippen molar-refractivity contribution in [3.05, 3.63) is 36.5 Å². The van der Waals surface area contributed by atoms with Crippen LogP contribution in [0.25, 0.3) is 11.0 Å². The van der Waals surface area contributed by atoms with Crippen LogP contribution in [0.1, 0.15) is 0 Å². The fourth-order valence-corrected chi connectivity index (χ4v) is 1.99. The average molecular weight is 232 g/mol. The van der Waals surface area contributed by atoms with Gasteiger partial charge in [-0.2, -0.15) is 0 Å². The van der Waals surface area contributed by atoms with E-state index in [1.165, 1.54) is 0 Å². The predicted molar refractivity (Wildman–Crippen MR) is 63.1 cm³/mol. The molecular weight excluding hydrogens is 219 g/mol. The number of fused-ring (bicyclic) bond motifs is 1. The Bertz CT molecular complexity index is 556. The first-order valence-corrected chi connectivity index (χ1v) is 5.59. The number of rotatable bonds is 3. The molecule has 0 bridgehead atoms. The summed E-state index contributed by atoms with van der Waals surface area (Å²) >= 11 is 0. The maximum Gasteiger partial charge on any atom is 0.135 e. The molecular formula is C12H13FN4. The highest BCUT2D eigenvalue weighted by atomic mass is 19.1. The molecule has 0 N–H and O–H groups in total. The lowest BCUT2D eigenvalue weighted by molar-refractivity contribution is 0.0933. The molecule has 0 radical (unpaired) electrons. The largest absolute Gasteiger partial charge is 0.368 e. The smallest absolute Gasteiger partial charge is 0.135 e. The summed E-state index contributed by atoms with van der Waals surface area (Å²) in [6.45, 7) is 5.43. The number of allylic oxidation sites excluding steroid dienone is 1. The van der Waals surface area contributed by atoms with Gasteiger partial charge in [-0.1, -0.05) is 23.9 Å². The van der Waals surface area contributed by atoms with Crippen molar-refractivity contribution in [2.24, 2.45) is 0 Å². The molecule has 0 amide bonds. The van der Waals surface area contributed by atoms with E-state index >= 15 is 0 Å². The van der Waals surface area contributed by atoms with E-state index in [0.717, 1.165) is 16.7 Å². The van der Waals surface area contributed by atoms with Crippen molar-refractivity contribution >= 4 is 11.0 Å². The molecule has 2 heterocycles. The third kappa shape index (κ3) is 1.77. The first-order valence-electron chi connectivity index (χ1n) is 5.59. The maximum absolute atomic E-state index is 12.7. The Morgan fingerprint density at radius 1 is 1.41 bits per heavy atom. The summed E-state index contributed by atoms with van der Waals surface area (Å²) in [7, 11) is 0. The van der Waals surface area contributed by atoms with E-state index in [4.69, 9.17) is 0 Å². The van der Waals surface area contributed by atoms with Crippen LogP contribution in [0.15, 0.2) is 36.5 Å². The predicted octanol–water partition coefficient (Wildman–Crippen LogP) is 1.60. The van der Waals surface area contributed by atoms with Crippen molar-refractivity contribution in [2.45, 2.75) is 12.7 Å². The number of hydrogen-bond donors (Lipinski definition) is 0. The topological polar surface area (TPSA) is 34.0 Å². The fourth-order valence-electron chi connectivity index (χ4n) is 1.99. The van der Waals surface area contributed by atoms with Gasteiger partial charge in [-0.15, -0.1) is 5.10 Å². The first kappa shape index (κ1) is 10.3. The number of aromatic nitrogens is 3. The van der Waals surface area contributed by atoms with Crippen LogP contribution in [0.5, 0.6) is 0 Å². The molecule has 1 aromatic carbocycles. The van der Waals surface area contributed by atoms with Crippen molar-refractivity contribution in [1.29, 1.82) is 0 Å². The minimum absolute atomic E-state index is 0.450. The Morgan fingerprint density at radius 2 is 2.18 bits per heavy atom. The van der Waals surface area contributed by atoms with Gasteiger partial charge in [0.1, 0.15) is 11.7 Å². The Hall–Kier alpha value is -1.91. The van der Waals surface area contributed by atoms with E-state index in [1.807, 2.05) is 29.2 Å². The molecule has 2 aromatic rings. The van der Waals surface area contributed by atoms with Gasteiger partial charge in [-0.05, 0) is 12.1 Å². The number of nitrogens with zero attached hydrogens (tertiary/aromatic N) is 4. The van der Waals surface area contributed by atoms with E-state index in [2.05, 4.69) is 16.9 Å². The highest BCUT2D eigenvalue weighted by Crippen LogP contribution is 2.19. The summed E-state index contributed by atoms with van der Waals surface area (Å²) < 4.78 is 14.5. The van der Waals surface area contributed by atoms with Gasteiger partial charge < -0.3 is 4.90 Å². The Balaban J connectivity index is 1.78. The zero-order valence-electron chi connectivity index (χ0n) is 9.38. The zero-order valence-corrected chi connectivity index (χ0v) is 9.38. The average Bonchev–Trinajstić information content (AvgIpc) is 2.69. The van der Waals surface area contributed by atoms with Crippen molar-refractivity contribution in [2.75, 3.05) is 13.1 Å². The molecule has 1 saturated heterocycles. The molecule has 0 atom stereocenters. The third-order valence-electron chi connectivity index (χ3n) is 3.04. The quantitative estimate of drug-likeness (QED) is 0.806. The lowest BCUT2D eigenvalue weighted by Gasteiger charge is -2.37. The highest BCUT2D eigenvalue weighted by Gasteiger charge is 2.27. The standard InChI is InChI=1S/C12H13FN4/c1-9(16-7-10(13)8-16)6-17-12-5-3-2-4-11(12)14-15-17/h2-5,10H,1,6-8H2. The summed E-state index contributed by atoms with van der Waals surface area (Å²) in [6.07, 6.45) is -0.709. The molecule has 1 aromatic heterocycles. The maximum atomic E-state index is 12.7. The van der Waals surface area contributed by atoms with Crippen LogP contribution < -0.4 is 0 Å².